The highest BCUT2D eigenvalue weighted by atomic mass is 16.6. The molecule has 0 aromatic heterocycles. The number of aliphatic hydroxyl groups is 1. The number of nitrogens with one attached hydrogen (secondary N) is 1. The molecule has 1 aliphatic heterocycles. The highest BCUT2D eigenvalue weighted by Gasteiger charge is 2.16. The lowest BCUT2D eigenvalue weighted by Crippen LogP contribution is -2.33. The van der Waals surface area contributed by atoms with Gasteiger partial charge in [-0.25, -0.2) is 0 Å². The minimum absolute atomic E-state index is 0.154. The number of nitrogens with two attached hydrogens (primary N) is 1. The molecule has 1 heterocycles. The average molecular weight is 248 g/mol. The van der Waals surface area contributed by atoms with Crippen molar-refractivity contribution in [1.82, 2.24) is 5.48 Å². The lowest BCUT2D eigenvalue weighted by Gasteiger charge is -2.14. The Morgan fingerprint density at radius 2 is 2.47 bits per heavy atom. The van der Waals surface area contributed by atoms with Gasteiger partial charge in [0.05, 0.1) is 25.4 Å². The average Bonchev–Trinajstić information content (AvgIpc) is 2.77. The van der Waals surface area contributed by atoms with Gasteiger partial charge in [-0.05, 0) is 12.8 Å². The van der Waals surface area contributed by atoms with E-state index in [1.807, 2.05) is 0 Å². The van der Waals surface area contributed by atoms with Crippen LogP contribution in [0.4, 0.5) is 0 Å². The zero-order valence-corrected chi connectivity index (χ0v) is 9.76. The number of ether oxygens (including phenoxy) is 2. The molecule has 0 aliphatic carbocycles. The summed E-state index contributed by atoms with van der Waals surface area (Å²) in [5, 5.41) is 9.46. The molecule has 17 heavy (non-hydrogen) atoms. The van der Waals surface area contributed by atoms with Crippen molar-refractivity contribution < 1.29 is 24.2 Å². The quantitative estimate of drug-likeness (QED) is 0.341. The molecule has 7 nitrogen and oxygen atoms in total. The Morgan fingerprint density at radius 3 is 3.12 bits per heavy atom. The molecule has 1 fully saturated rings. The molecule has 2 atom stereocenters. The number of hydroxylamine groups is 1. The van der Waals surface area contributed by atoms with Crippen LogP contribution in [0.5, 0.6) is 0 Å². The van der Waals surface area contributed by atoms with Crippen molar-refractivity contribution in [3.8, 4) is 0 Å². The van der Waals surface area contributed by atoms with Gasteiger partial charge >= 0.3 is 0 Å². The molecular weight excluding hydrogens is 228 g/mol. The van der Waals surface area contributed by atoms with Crippen LogP contribution in [0.25, 0.3) is 0 Å². The number of primary amides is 1. The van der Waals surface area contributed by atoms with E-state index in [2.05, 4.69) is 10.3 Å². The summed E-state index contributed by atoms with van der Waals surface area (Å²) in [6.45, 7) is 1.45. The van der Waals surface area contributed by atoms with Crippen molar-refractivity contribution in [3.05, 3.63) is 0 Å². The topological polar surface area (TPSA) is 103 Å². The van der Waals surface area contributed by atoms with E-state index in [1.165, 1.54) is 0 Å². The van der Waals surface area contributed by atoms with Crippen molar-refractivity contribution >= 4 is 5.91 Å². The van der Waals surface area contributed by atoms with Gasteiger partial charge in [0.15, 0.2) is 0 Å². The Balaban J connectivity index is 1.89. The predicted octanol–water partition coefficient (Wildman–Crippen LogP) is -1.45. The van der Waals surface area contributed by atoms with Crippen LogP contribution in [0, 0.1) is 0 Å². The van der Waals surface area contributed by atoms with Crippen molar-refractivity contribution in [2.45, 2.75) is 25.0 Å². The molecular formula is C10H20N2O5. The third kappa shape index (κ3) is 7.24. The molecule has 100 valence electrons. The molecule has 7 heteroatoms. The van der Waals surface area contributed by atoms with E-state index in [9.17, 15) is 9.90 Å². The number of hydrogen-bond acceptors (Lipinski definition) is 6. The smallest absolute Gasteiger partial charge is 0.245 e. The van der Waals surface area contributed by atoms with E-state index in [0.29, 0.717) is 6.61 Å². The van der Waals surface area contributed by atoms with E-state index in [4.69, 9.17) is 15.2 Å². The van der Waals surface area contributed by atoms with Crippen LogP contribution in [0.1, 0.15) is 12.8 Å². The molecule has 1 amide bonds. The van der Waals surface area contributed by atoms with Gasteiger partial charge in [-0.1, -0.05) is 0 Å². The Bertz CT molecular complexity index is 221. The van der Waals surface area contributed by atoms with Crippen LogP contribution in [-0.4, -0.2) is 56.2 Å². The first kappa shape index (κ1) is 14.3. The second-order valence-corrected chi connectivity index (χ2v) is 3.93. The maximum atomic E-state index is 10.3. The van der Waals surface area contributed by atoms with Crippen LogP contribution in [-0.2, 0) is 19.1 Å². The maximum Gasteiger partial charge on any atom is 0.245 e. The molecule has 2 unspecified atom stereocenters. The summed E-state index contributed by atoms with van der Waals surface area (Å²) in [7, 11) is 0. The molecule has 4 N–H and O–H groups in total. The number of hydrogen-bond donors (Lipinski definition) is 3. The highest BCUT2D eigenvalue weighted by Crippen LogP contribution is 2.11. The van der Waals surface area contributed by atoms with Crippen molar-refractivity contribution in [2.24, 2.45) is 5.73 Å². The number of aliphatic hydroxyl groups excluding tert-OH is 1. The molecule has 1 aliphatic rings. The van der Waals surface area contributed by atoms with Gasteiger partial charge in [0.25, 0.3) is 0 Å². The Hall–Kier alpha value is -0.730. The summed E-state index contributed by atoms with van der Waals surface area (Å²) >= 11 is 0. The van der Waals surface area contributed by atoms with Crippen LogP contribution in [0.2, 0.25) is 0 Å². The van der Waals surface area contributed by atoms with E-state index >= 15 is 0 Å². The van der Waals surface area contributed by atoms with Crippen LogP contribution in [0.3, 0.4) is 0 Å². The largest absolute Gasteiger partial charge is 0.389 e. The first-order chi connectivity index (χ1) is 8.18. The fourth-order valence-corrected chi connectivity index (χ4v) is 1.45. The molecule has 0 aromatic carbocycles. The summed E-state index contributed by atoms with van der Waals surface area (Å²) in [5.74, 6) is -0.568. The van der Waals surface area contributed by atoms with Gasteiger partial charge in [-0.2, -0.15) is 5.48 Å². The van der Waals surface area contributed by atoms with E-state index in [1.54, 1.807) is 0 Å². The van der Waals surface area contributed by atoms with Gasteiger partial charge in [0.1, 0.15) is 6.61 Å². The lowest BCUT2D eigenvalue weighted by molar-refractivity contribution is -0.126. The summed E-state index contributed by atoms with van der Waals surface area (Å²) in [4.78, 5) is 15.0. The first-order valence-corrected chi connectivity index (χ1v) is 5.69. The molecule has 0 spiro atoms. The SMILES string of the molecule is NC(=O)CONCC(O)COCC1CCCO1. The highest BCUT2D eigenvalue weighted by molar-refractivity contribution is 5.74. The van der Waals surface area contributed by atoms with E-state index < -0.39 is 12.0 Å². The van der Waals surface area contributed by atoms with E-state index in [0.717, 1.165) is 19.4 Å². The van der Waals surface area contributed by atoms with Crippen molar-refractivity contribution in [1.29, 1.82) is 0 Å². The summed E-state index contributed by atoms with van der Waals surface area (Å²) in [6.07, 6.45) is 1.54. The number of carbonyl (C=O) groups is 1. The van der Waals surface area contributed by atoms with Crippen molar-refractivity contribution in [2.75, 3.05) is 33.0 Å². The monoisotopic (exact) mass is 248 g/mol. The Kier molecular flexibility index (Phi) is 7.06. The normalized spacial score (nSPS) is 21.6. The third-order valence-corrected chi connectivity index (χ3v) is 2.27. The second kappa shape index (κ2) is 8.37. The summed E-state index contributed by atoms with van der Waals surface area (Å²) < 4.78 is 10.7. The van der Waals surface area contributed by atoms with Crippen molar-refractivity contribution in [3.63, 3.8) is 0 Å². The van der Waals surface area contributed by atoms with Crippen LogP contribution >= 0.6 is 0 Å². The minimum atomic E-state index is -0.690. The maximum absolute atomic E-state index is 10.3. The fourth-order valence-electron chi connectivity index (χ4n) is 1.45. The molecule has 1 saturated heterocycles. The predicted molar refractivity (Wildman–Crippen MR) is 58.9 cm³/mol. The van der Waals surface area contributed by atoms with Gasteiger partial charge in [0, 0.05) is 13.2 Å². The molecule has 0 aromatic rings. The number of rotatable bonds is 9. The zero-order valence-electron chi connectivity index (χ0n) is 9.76. The van der Waals surface area contributed by atoms with Gasteiger partial charge in [-0.15, -0.1) is 0 Å². The zero-order chi connectivity index (χ0) is 12.5. The minimum Gasteiger partial charge on any atom is -0.389 e. The lowest BCUT2D eigenvalue weighted by atomic mass is 10.2. The van der Waals surface area contributed by atoms with Gasteiger partial charge < -0.3 is 20.3 Å². The second-order valence-electron chi connectivity index (χ2n) is 3.93. The van der Waals surface area contributed by atoms with E-state index in [-0.39, 0.29) is 25.9 Å². The summed E-state index contributed by atoms with van der Waals surface area (Å²) in [5.41, 5.74) is 7.29. The third-order valence-electron chi connectivity index (χ3n) is 2.27. The fraction of sp³-hybridized carbons (Fsp3) is 0.900. The molecule has 0 bridgehead atoms. The van der Waals surface area contributed by atoms with Crippen LogP contribution < -0.4 is 11.2 Å². The summed E-state index contributed by atoms with van der Waals surface area (Å²) in [6, 6.07) is 0. The number of carbonyl (C=O) groups excluding carboxylic acids is 1. The van der Waals surface area contributed by atoms with Gasteiger partial charge in [-0.3, -0.25) is 9.63 Å². The van der Waals surface area contributed by atoms with Crippen LogP contribution in [0.15, 0.2) is 0 Å². The Morgan fingerprint density at radius 1 is 1.65 bits per heavy atom. The standard InChI is InChI=1S/C10H20N2O5/c11-10(14)7-17-12-4-8(13)5-15-6-9-2-1-3-16-9/h8-9,12-13H,1-7H2,(H2,11,14). The molecule has 0 radical (unpaired) electrons. The molecule has 1 rings (SSSR count). The number of amides is 1. The molecule has 0 saturated carbocycles. The van der Waals surface area contributed by atoms with Gasteiger partial charge in [0.2, 0.25) is 5.91 Å². The first-order valence-electron chi connectivity index (χ1n) is 5.69. The Labute approximate surface area is 100 Å².